The summed E-state index contributed by atoms with van der Waals surface area (Å²) in [6, 6.07) is 0. The maximum Gasteiger partial charge on any atom is 0.163 e. The Hall–Kier alpha value is -1.11. The van der Waals surface area contributed by atoms with Crippen molar-refractivity contribution in [3.63, 3.8) is 0 Å². The molecule has 0 N–H and O–H groups in total. The molecule has 1 aliphatic rings. The summed E-state index contributed by atoms with van der Waals surface area (Å²) < 4.78 is 0. The number of ketones is 1. The van der Waals surface area contributed by atoms with Crippen LogP contribution in [-0.4, -0.2) is 5.78 Å². The van der Waals surface area contributed by atoms with Gasteiger partial charge in [0.2, 0.25) is 0 Å². The van der Waals surface area contributed by atoms with E-state index in [0.717, 1.165) is 12.0 Å². The Bertz CT molecular complexity index is 267. The third-order valence-electron chi connectivity index (χ3n) is 2.05. The summed E-state index contributed by atoms with van der Waals surface area (Å²) in [4.78, 5) is 11.2. The van der Waals surface area contributed by atoms with Gasteiger partial charge in [0.1, 0.15) is 0 Å². The van der Waals surface area contributed by atoms with Crippen molar-refractivity contribution in [2.45, 2.75) is 26.7 Å². The normalized spacial score (nSPS) is 25.0. The van der Waals surface area contributed by atoms with E-state index in [-0.39, 0.29) is 5.78 Å². The van der Waals surface area contributed by atoms with Crippen molar-refractivity contribution in [3.05, 3.63) is 35.5 Å². The summed E-state index contributed by atoms with van der Waals surface area (Å²) in [7, 11) is 0. The Balaban J connectivity index is 2.88. The lowest BCUT2D eigenvalue weighted by molar-refractivity contribution is -0.114. The molecule has 0 aromatic heterocycles. The number of carbonyl (C=O) groups is 1. The molecular weight excluding hydrogens is 148 g/mol. The van der Waals surface area contributed by atoms with Crippen molar-refractivity contribution in [1.82, 2.24) is 0 Å². The average Bonchev–Trinajstić information content (AvgIpc) is 2.43. The summed E-state index contributed by atoms with van der Waals surface area (Å²) in [5.74, 6) is 0.285. The van der Waals surface area contributed by atoms with Crippen LogP contribution in [0.4, 0.5) is 0 Å². The molecule has 0 saturated heterocycles. The Morgan fingerprint density at radius 3 is 2.58 bits per heavy atom. The van der Waals surface area contributed by atoms with Crippen LogP contribution < -0.4 is 0 Å². The fourth-order valence-corrected chi connectivity index (χ4v) is 1.43. The smallest absolute Gasteiger partial charge is 0.163 e. The largest absolute Gasteiger partial charge is 0.294 e. The first-order chi connectivity index (χ1) is 5.79. The van der Waals surface area contributed by atoms with E-state index in [1.165, 1.54) is 5.57 Å². The molecule has 0 atom stereocenters. The van der Waals surface area contributed by atoms with Crippen LogP contribution in [0.2, 0.25) is 0 Å². The van der Waals surface area contributed by atoms with Gasteiger partial charge in [-0.2, -0.15) is 0 Å². The molecular formula is C11H14O. The van der Waals surface area contributed by atoms with Gasteiger partial charge in [0.05, 0.1) is 0 Å². The minimum absolute atomic E-state index is 0.285. The monoisotopic (exact) mass is 162 g/mol. The van der Waals surface area contributed by atoms with Crippen molar-refractivity contribution >= 4 is 5.78 Å². The van der Waals surface area contributed by atoms with E-state index in [1.54, 1.807) is 0 Å². The van der Waals surface area contributed by atoms with Crippen molar-refractivity contribution in [2.75, 3.05) is 0 Å². The highest BCUT2D eigenvalue weighted by atomic mass is 16.1. The number of Topliss-reactive ketones (excluding diaryl/α,β-unsaturated/α-hetero) is 1. The van der Waals surface area contributed by atoms with Gasteiger partial charge in [0, 0.05) is 12.0 Å². The van der Waals surface area contributed by atoms with Crippen LogP contribution >= 0.6 is 0 Å². The third-order valence-corrected chi connectivity index (χ3v) is 2.05. The number of rotatable bonds is 1. The summed E-state index contributed by atoms with van der Waals surface area (Å²) in [6.45, 7) is 3.89. The second-order valence-corrected chi connectivity index (χ2v) is 2.84. The van der Waals surface area contributed by atoms with Crippen molar-refractivity contribution in [1.29, 1.82) is 0 Å². The van der Waals surface area contributed by atoms with Crippen LogP contribution in [0.3, 0.4) is 0 Å². The van der Waals surface area contributed by atoms with E-state index in [9.17, 15) is 4.79 Å². The van der Waals surface area contributed by atoms with Gasteiger partial charge in [-0.05, 0) is 25.8 Å². The van der Waals surface area contributed by atoms with E-state index in [4.69, 9.17) is 0 Å². The van der Waals surface area contributed by atoms with E-state index in [0.29, 0.717) is 6.42 Å². The average molecular weight is 162 g/mol. The highest BCUT2D eigenvalue weighted by Gasteiger charge is 2.20. The maximum atomic E-state index is 11.2. The molecule has 1 nitrogen and oxygen atoms in total. The molecule has 0 aromatic carbocycles. The second-order valence-electron chi connectivity index (χ2n) is 2.84. The lowest BCUT2D eigenvalue weighted by Crippen LogP contribution is -1.91. The van der Waals surface area contributed by atoms with Crippen LogP contribution in [0.15, 0.2) is 35.5 Å². The van der Waals surface area contributed by atoms with Gasteiger partial charge in [-0.15, -0.1) is 0 Å². The van der Waals surface area contributed by atoms with E-state index in [2.05, 4.69) is 0 Å². The van der Waals surface area contributed by atoms with Crippen molar-refractivity contribution in [2.24, 2.45) is 0 Å². The van der Waals surface area contributed by atoms with Gasteiger partial charge >= 0.3 is 0 Å². The molecule has 0 bridgehead atoms. The number of hydrogen-bond acceptors (Lipinski definition) is 1. The molecule has 1 aliphatic carbocycles. The minimum Gasteiger partial charge on any atom is -0.294 e. The summed E-state index contributed by atoms with van der Waals surface area (Å²) in [5.41, 5.74) is 2.09. The van der Waals surface area contributed by atoms with E-state index < -0.39 is 0 Å². The van der Waals surface area contributed by atoms with Gasteiger partial charge in [-0.3, -0.25) is 4.79 Å². The van der Waals surface area contributed by atoms with Crippen molar-refractivity contribution < 1.29 is 4.79 Å². The molecule has 0 heterocycles. The second kappa shape index (κ2) is 4.05. The Morgan fingerprint density at radius 1 is 1.25 bits per heavy atom. The first kappa shape index (κ1) is 8.98. The molecule has 0 spiro atoms. The molecule has 64 valence electrons. The van der Waals surface area contributed by atoms with E-state index in [1.807, 2.05) is 38.2 Å². The Morgan fingerprint density at radius 2 is 2.00 bits per heavy atom. The lowest BCUT2D eigenvalue weighted by Gasteiger charge is -1.94. The zero-order valence-electron chi connectivity index (χ0n) is 7.63. The van der Waals surface area contributed by atoms with Gasteiger partial charge in [-0.1, -0.05) is 24.3 Å². The zero-order chi connectivity index (χ0) is 8.97. The number of allylic oxidation sites excluding steroid dienone is 6. The van der Waals surface area contributed by atoms with Crippen LogP contribution in [0.5, 0.6) is 0 Å². The Kier molecular flexibility index (Phi) is 3.03. The van der Waals surface area contributed by atoms with Crippen LogP contribution in [0.1, 0.15) is 26.7 Å². The molecule has 1 saturated carbocycles. The topological polar surface area (TPSA) is 17.1 Å². The third kappa shape index (κ3) is 1.73. The predicted molar refractivity (Wildman–Crippen MR) is 50.9 cm³/mol. The fourth-order valence-electron chi connectivity index (χ4n) is 1.43. The quantitative estimate of drug-likeness (QED) is 0.542. The van der Waals surface area contributed by atoms with Gasteiger partial charge < -0.3 is 0 Å². The van der Waals surface area contributed by atoms with Gasteiger partial charge in [0.15, 0.2) is 5.78 Å². The number of carbonyl (C=O) groups excluding carboxylic acids is 1. The molecule has 0 radical (unpaired) electrons. The molecule has 0 aromatic rings. The van der Waals surface area contributed by atoms with Gasteiger partial charge in [-0.25, -0.2) is 0 Å². The van der Waals surface area contributed by atoms with Crippen LogP contribution in [-0.2, 0) is 4.79 Å². The highest BCUT2D eigenvalue weighted by molar-refractivity contribution is 6.02. The van der Waals surface area contributed by atoms with Crippen LogP contribution in [0, 0.1) is 0 Å². The first-order valence-electron chi connectivity index (χ1n) is 4.31. The molecule has 1 heteroatoms. The highest BCUT2D eigenvalue weighted by Crippen LogP contribution is 2.26. The summed E-state index contributed by atoms with van der Waals surface area (Å²) in [5, 5.41) is 0. The first-order valence-corrected chi connectivity index (χ1v) is 4.31. The molecule has 0 amide bonds. The SMILES string of the molecule is C\C=C/C=C1/CCC(=O)/C1=C/C. The van der Waals surface area contributed by atoms with E-state index >= 15 is 0 Å². The molecule has 0 aliphatic heterocycles. The van der Waals surface area contributed by atoms with Crippen LogP contribution in [0.25, 0.3) is 0 Å². The van der Waals surface area contributed by atoms with Gasteiger partial charge in [0.25, 0.3) is 0 Å². The molecule has 1 fully saturated rings. The lowest BCUT2D eigenvalue weighted by atomic mass is 10.1. The standard InChI is InChI=1S/C11H14O/c1-3-5-6-9-7-8-11(12)10(9)4-2/h3-6H,7-8H2,1-2H3/b5-3-,9-6-,10-4+. The summed E-state index contributed by atoms with van der Waals surface area (Å²) >= 11 is 0. The number of hydrogen-bond donors (Lipinski definition) is 0. The molecule has 0 unspecified atom stereocenters. The predicted octanol–water partition coefficient (Wildman–Crippen LogP) is 2.80. The summed E-state index contributed by atoms with van der Waals surface area (Å²) in [6.07, 6.45) is 9.48. The maximum absolute atomic E-state index is 11.2. The molecule has 12 heavy (non-hydrogen) atoms. The molecule has 1 rings (SSSR count). The zero-order valence-corrected chi connectivity index (χ0v) is 7.63. The van der Waals surface area contributed by atoms with Crippen molar-refractivity contribution in [3.8, 4) is 0 Å². The minimum atomic E-state index is 0.285. The fraction of sp³-hybridized carbons (Fsp3) is 0.364. The Labute approximate surface area is 73.5 Å².